The SMILES string of the molecule is CC(C)(C)NC(=O)COc1ccc(Cl)c2cccnc12. The first-order chi connectivity index (χ1) is 9.37. The Balaban J connectivity index is 2.15. The maximum Gasteiger partial charge on any atom is 0.258 e. The molecule has 0 aliphatic heterocycles. The lowest BCUT2D eigenvalue weighted by molar-refractivity contribution is -0.124. The summed E-state index contributed by atoms with van der Waals surface area (Å²) in [5.41, 5.74) is 0.379. The molecule has 0 spiro atoms. The van der Waals surface area contributed by atoms with Crippen molar-refractivity contribution in [1.82, 2.24) is 10.3 Å². The molecular weight excluding hydrogens is 276 g/mol. The molecule has 1 aromatic heterocycles. The summed E-state index contributed by atoms with van der Waals surface area (Å²) in [7, 11) is 0. The van der Waals surface area contributed by atoms with E-state index in [1.54, 1.807) is 18.3 Å². The quantitative estimate of drug-likeness (QED) is 0.945. The third kappa shape index (κ3) is 3.61. The second-order valence-corrected chi connectivity index (χ2v) is 5.94. The molecule has 5 heteroatoms. The Morgan fingerprint density at radius 2 is 2.10 bits per heavy atom. The first-order valence-electron chi connectivity index (χ1n) is 6.34. The van der Waals surface area contributed by atoms with Gasteiger partial charge in [-0.25, -0.2) is 0 Å². The number of nitrogens with one attached hydrogen (secondary N) is 1. The van der Waals surface area contributed by atoms with Crippen LogP contribution in [0.1, 0.15) is 20.8 Å². The molecule has 1 N–H and O–H groups in total. The molecule has 1 aromatic carbocycles. The van der Waals surface area contributed by atoms with Gasteiger partial charge < -0.3 is 10.1 Å². The summed E-state index contributed by atoms with van der Waals surface area (Å²) >= 11 is 6.10. The maximum absolute atomic E-state index is 11.8. The van der Waals surface area contributed by atoms with E-state index in [-0.39, 0.29) is 18.1 Å². The van der Waals surface area contributed by atoms with Crippen LogP contribution < -0.4 is 10.1 Å². The Morgan fingerprint density at radius 3 is 2.80 bits per heavy atom. The standard InChI is InChI=1S/C15H17ClN2O2/c1-15(2,3)18-13(19)9-20-12-7-6-11(16)10-5-4-8-17-14(10)12/h4-8H,9H2,1-3H3,(H,18,19). The number of ether oxygens (including phenoxy) is 1. The molecule has 0 bridgehead atoms. The highest BCUT2D eigenvalue weighted by molar-refractivity contribution is 6.35. The van der Waals surface area contributed by atoms with E-state index in [1.165, 1.54) is 0 Å². The Morgan fingerprint density at radius 1 is 1.35 bits per heavy atom. The van der Waals surface area contributed by atoms with Crippen molar-refractivity contribution in [3.05, 3.63) is 35.5 Å². The van der Waals surface area contributed by atoms with Crippen LogP contribution in [-0.2, 0) is 4.79 Å². The highest BCUT2D eigenvalue weighted by Gasteiger charge is 2.15. The minimum atomic E-state index is -0.277. The Hall–Kier alpha value is -1.81. The van der Waals surface area contributed by atoms with E-state index in [2.05, 4.69) is 10.3 Å². The highest BCUT2D eigenvalue weighted by Crippen LogP contribution is 2.29. The van der Waals surface area contributed by atoms with Crippen LogP contribution in [0.2, 0.25) is 5.02 Å². The van der Waals surface area contributed by atoms with Crippen molar-refractivity contribution < 1.29 is 9.53 Å². The van der Waals surface area contributed by atoms with Gasteiger partial charge in [-0.3, -0.25) is 9.78 Å². The summed E-state index contributed by atoms with van der Waals surface area (Å²) in [6.07, 6.45) is 1.67. The lowest BCUT2D eigenvalue weighted by Crippen LogP contribution is -2.43. The molecule has 1 amide bonds. The van der Waals surface area contributed by atoms with Gasteiger partial charge in [0.2, 0.25) is 0 Å². The molecule has 0 aliphatic carbocycles. The number of carbonyl (C=O) groups excluding carboxylic acids is 1. The van der Waals surface area contributed by atoms with Crippen LogP contribution in [-0.4, -0.2) is 23.0 Å². The maximum atomic E-state index is 11.8. The first-order valence-corrected chi connectivity index (χ1v) is 6.72. The minimum absolute atomic E-state index is 0.0510. The predicted octanol–water partition coefficient (Wildman–Crippen LogP) is 3.18. The van der Waals surface area contributed by atoms with Crippen LogP contribution in [0.5, 0.6) is 5.75 Å². The summed E-state index contributed by atoms with van der Waals surface area (Å²) in [6.45, 7) is 5.71. The predicted molar refractivity (Wildman–Crippen MR) is 80.1 cm³/mol. The number of halogens is 1. The van der Waals surface area contributed by atoms with Crippen LogP contribution in [0.3, 0.4) is 0 Å². The molecule has 20 heavy (non-hydrogen) atoms. The molecule has 2 rings (SSSR count). The number of benzene rings is 1. The second kappa shape index (κ2) is 5.67. The van der Waals surface area contributed by atoms with Crippen LogP contribution in [0.25, 0.3) is 10.9 Å². The normalized spacial score (nSPS) is 11.4. The average molecular weight is 293 g/mol. The fraction of sp³-hybridized carbons (Fsp3) is 0.333. The Labute approximate surface area is 123 Å². The van der Waals surface area contributed by atoms with Gasteiger partial charge in [-0.05, 0) is 45.0 Å². The number of amides is 1. The zero-order valence-corrected chi connectivity index (χ0v) is 12.5. The summed E-state index contributed by atoms with van der Waals surface area (Å²) in [4.78, 5) is 16.0. The molecule has 0 saturated carbocycles. The lowest BCUT2D eigenvalue weighted by Gasteiger charge is -2.20. The van der Waals surface area contributed by atoms with Gasteiger partial charge in [0, 0.05) is 17.1 Å². The molecular formula is C15H17ClN2O2. The van der Waals surface area contributed by atoms with Crippen molar-refractivity contribution in [1.29, 1.82) is 0 Å². The zero-order valence-electron chi connectivity index (χ0n) is 11.7. The monoisotopic (exact) mass is 292 g/mol. The number of aromatic nitrogens is 1. The molecule has 0 saturated heterocycles. The van der Waals surface area contributed by atoms with Crippen LogP contribution in [0.4, 0.5) is 0 Å². The third-order valence-corrected chi connectivity index (χ3v) is 2.88. The second-order valence-electron chi connectivity index (χ2n) is 5.53. The van der Waals surface area contributed by atoms with Crippen molar-refractivity contribution in [2.24, 2.45) is 0 Å². The molecule has 2 aromatic rings. The molecule has 106 valence electrons. The zero-order chi connectivity index (χ0) is 14.8. The largest absolute Gasteiger partial charge is 0.481 e. The molecule has 0 fully saturated rings. The van der Waals surface area contributed by atoms with Crippen LogP contribution in [0, 0.1) is 0 Å². The number of nitrogens with zero attached hydrogens (tertiary/aromatic N) is 1. The van der Waals surface area contributed by atoms with Gasteiger partial charge in [0.15, 0.2) is 6.61 Å². The van der Waals surface area contributed by atoms with E-state index in [0.717, 1.165) is 5.39 Å². The van der Waals surface area contributed by atoms with E-state index in [0.29, 0.717) is 16.3 Å². The van der Waals surface area contributed by atoms with Crippen molar-refractivity contribution in [2.75, 3.05) is 6.61 Å². The smallest absolute Gasteiger partial charge is 0.258 e. The molecule has 0 aliphatic rings. The third-order valence-electron chi connectivity index (χ3n) is 2.55. The number of hydrogen-bond donors (Lipinski definition) is 1. The van der Waals surface area contributed by atoms with Gasteiger partial charge in [0.05, 0.1) is 5.02 Å². The Kier molecular flexibility index (Phi) is 4.14. The lowest BCUT2D eigenvalue weighted by atomic mass is 10.1. The molecule has 0 radical (unpaired) electrons. The fourth-order valence-corrected chi connectivity index (χ4v) is 2.04. The van der Waals surface area contributed by atoms with Gasteiger partial charge in [-0.1, -0.05) is 11.6 Å². The van der Waals surface area contributed by atoms with Gasteiger partial charge in [0.1, 0.15) is 11.3 Å². The van der Waals surface area contributed by atoms with Crippen LogP contribution in [0.15, 0.2) is 30.5 Å². The summed E-state index contributed by atoms with van der Waals surface area (Å²) in [6, 6.07) is 7.14. The molecule has 1 heterocycles. The molecule has 0 atom stereocenters. The van der Waals surface area contributed by atoms with Crippen molar-refractivity contribution in [2.45, 2.75) is 26.3 Å². The summed E-state index contributed by atoms with van der Waals surface area (Å²) in [5, 5.41) is 4.26. The first kappa shape index (κ1) is 14.6. The van der Waals surface area contributed by atoms with Gasteiger partial charge in [-0.2, -0.15) is 0 Å². The van der Waals surface area contributed by atoms with Gasteiger partial charge >= 0.3 is 0 Å². The highest BCUT2D eigenvalue weighted by atomic mass is 35.5. The topological polar surface area (TPSA) is 51.2 Å². The van der Waals surface area contributed by atoms with E-state index in [1.807, 2.05) is 32.9 Å². The van der Waals surface area contributed by atoms with Crippen molar-refractivity contribution in [3.8, 4) is 5.75 Å². The van der Waals surface area contributed by atoms with E-state index >= 15 is 0 Å². The Bertz CT molecular complexity index is 635. The number of hydrogen-bond acceptors (Lipinski definition) is 3. The number of fused-ring (bicyclic) bond motifs is 1. The summed E-state index contributed by atoms with van der Waals surface area (Å²) in [5.74, 6) is 0.380. The summed E-state index contributed by atoms with van der Waals surface area (Å²) < 4.78 is 5.55. The number of carbonyl (C=O) groups is 1. The van der Waals surface area contributed by atoms with Gasteiger partial charge in [0.25, 0.3) is 5.91 Å². The fourth-order valence-electron chi connectivity index (χ4n) is 1.83. The number of rotatable bonds is 3. The van der Waals surface area contributed by atoms with Crippen molar-refractivity contribution >= 4 is 28.4 Å². The van der Waals surface area contributed by atoms with E-state index in [9.17, 15) is 4.79 Å². The minimum Gasteiger partial charge on any atom is -0.481 e. The van der Waals surface area contributed by atoms with E-state index in [4.69, 9.17) is 16.3 Å². The average Bonchev–Trinajstić information content (AvgIpc) is 2.36. The van der Waals surface area contributed by atoms with Crippen LogP contribution >= 0.6 is 11.6 Å². The van der Waals surface area contributed by atoms with Gasteiger partial charge in [-0.15, -0.1) is 0 Å². The molecule has 4 nitrogen and oxygen atoms in total. The molecule has 0 unspecified atom stereocenters. The van der Waals surface area contributed by atoms with Crippen molar-refractivity contribution in [3.63, 3.8) is 0 Å². The number of pyridine rings is 1. The van der Waals surface area contributed by atoms with E-state index < -0.39 is 0 Å².